The number of benzene rings is 1. The number of hydrogen-bond acceptors (Lipinski definition) is 3. The van der Waals surface area contributed by atoms with Gasteiger partial charge in [0.25, 0.3) is 0 Å². The largest absolute Gasteiger partial charge is 0.508 e. The van der Waals surface area contributed by atoms with Crippen LogP contribution in [0, 0.1) is 0 Å². The Hall–Kier alpha value is -1.06. The lowest BCUT2D eigenvalue weighted by atomic mass is 10.1. The maximum atomic E-state index is 9.60. The molecule has 0 aliphatic carbocycles. The quantitative estimate of drug-likeness (QED) is 0.693. The number of aliphatic hydroxyl groups is 1. The van der Waals surface area contributed by atoms with Crippen LogP contribution in [0.15, 0.2) is 24.3 Å². The van der Waals surface area contributed by atoms with Gasteiger partial charge in [-0.1, -0.05) is 18.2 Å². The number of phenols is 1. The van der Waals surface area contributed by atoms with Gasteiger partial charge in [-0.15, -0.1) is 0 Å². The van der Waals surface area contributed by atoms with Gasteiger partial charge in [-0.05, 0) is 32.9 Å². The SMILES string of the molecule is C[C@@H](O)CCN[C@H](C)c1ccccc1O. The van der Waals surface area contributed by atoms with Crippen LogP contribution in [-0.4, -0.2) is 22.9 Å². The monoisotopic (exact) mass is 209 g/mol. The summed E-state index contributed by atoms with van der Waals surface area (Å²) >= 11 is 0. The number of aromatic hydroxyl groups is 1. The van der Waals surface area contributed by atoms with Gasteiger partial charge in [0.15, 0.2) is 0 Å². The Morgan fingerprint density at radius 1 is 1.27 bits per heavy atom. The molecule has 0 saturated heterocycles. The zero-order valence-corrected chi connectivity index (χ0v) is 9.27. The number of para-hydroxylation sites is 1. The topological polar surface area (TPSA) is 52.5 Å². The van der Waals surface area contributed by atoms with Crippen molar-refractivity contribution >= 4 is 0 Å². The van der Waals surface area contributed by atoms with Crippen LogP contribution in [0.2, 0.25) is 0 Å². The molecule has 0 unspecified atom stereocenters. The molecule has 1 rings (SSSR count). The van der Waals surface area contributed by atoms with Crippen LogP contribution >= 0.6 is 0 Å². The second-order valence-corrected chi connectivity index (χ2v) is 3.87. The van der Waals surface area contributed by atoms with Gasteiger partial charge in [-0.3, -0.25) is 0 Å². The lowest BCUT2D eigenvalue weighted by Crippen LogP contribution is -2.22. The molecule has 0 fully saturated rings. The third-order valence-corrected chi connectivity index (χ3v) is 2.42. The third-order valence-electron chi connectivity index (χ3n) is 2.42. The molecule has 0 heterocycles. The van der Waals surface area contributed by atoms with Gasteiger partial charge in [-0.25, -0.2) is 0 Å². The van der Waals surface area contributed by atoms with Gasteiger partial charge in [0.05, 0.1) is 6.10 Å². The molecular weight excluding hydrogens is 190 g/mol. The Balaban J connectivity index is 2.47. The summed E-state index contributed by atoms with van der Waals surface area (Å²) in [6, 6.07) is 7.39. The summed E-state index contributed by atoms with van der Waals surface area (Å²) in [5.74, 6) is 0.314. The minimum Gasteiger partial charge on any atom is -0.508 e. The average Bonchev–Trinajstić information content (AvgIpc) is 2.17. The number of rotatable bonds is 5. The lowest BCUT2D eigenvalue weighted by Gasteiger charge is -2.15. The van der Waals surface area contributed by atoms with Crippen LogP contribution in [0.3, 0.4) is 0 Å². The van der Waals surface area contributed by atoms with Gasteiger partial charge >= 0.3 is 0 Å². The average molecular weight is 209 g/mol. The molecule has 3 nitrogen and oxygen atoms in total. The van der Waals surface area contributed by atoms with Crippen molar-refractivity contribution in [2.24, 2.45) is 0 Å². The smallest absolute Gasteiger partial charge is 0.120 e. The summed E-state index contributed by atoms with van der Waals surface area (Å²) in [5.41, 5.74) is 0.892. The van der Waals surface area contributed by atoms with Crippen molar-refractivity contribution in [1.29, 1.82) is 0 Å². The first-order valence-corrected chi connectivity index (χ1v) is 5.30. The molecule has 84 valence electrons. The van der Waals surface area contributed by atoms with Crippen molar-refractivity contribution in [2.45, 2.75) is 32.4 Å². The molecule has 0 bridgehead atoms. The molecule has 0 radical (unpaired) electrons. The van der Waals surface area contributed by atoms with Gasteiger partial charge in [-0.2, -0.15) is 0 Å². The summed E-state index contributed by atoms with van der Waals surface area (Å²) in [6.45, 7) is 4.51. The first-order valence-electron chi connectivity index (χ1n) is 5.30. The predicted molar refractivity (Wildman–Crippen MR) is 60.8 cm³/mol. The fraction of sp³-hybridized carbons (Fsp3) is 0.500. The fourth-order valence-corrected chi connectivity index (χ4v) is 1.47. The van der Waals surface area contributed by atoms with E-state index in [1.807, 2.05) is 19.1 Å². The van der Waals surface area contributed by atoms with Crippen LogP contribution in [0.25, 0.3) is 0 Å². The molecule has 2 atom stereocenters. The molecule has 15 heavy (non-hydrogen) atoms. The Morgan fingerprint density at radius 2 is 1.93 bits per heavy atom. The molecule has 1 aromatic rings. The summed E-state index contributed by atoms with van der Waals surface area (Å²) in [7, 11) is 0. The lowest BCUT2D eigenvalue weighted by molar-refractivity contribution is 0.182. The van der Waals surface area contributed by atoms with E-state index in [4.69, 9.17) is 5.11 Å². The predicted octanol–water partition coefficient (Wildman–Crippen LogP) is 1.81. The van der Waals surface area contributed by atoms with Gasteiger partial charge < -0.3 is 15.5 Å². The highest BCUT2D eigenvalue weighted by atomic mass is 16.3. The van der Waals surface area contributed by atoms with Gasteiger partial charge in [0.2, 0.25) is 0 Å². The molecule has 0 saturated carbocycles. The van der Waals surface area contributed by atoms with Crippen LogP contribution in [0.1, 0.15) is 31.9 Å². The molecule has 0 spiro atoms. The van der Waals surface area contributed by atoms with E-state index in [-0.39, 0.29) is 12.1 Å². The van der Waals surface area contributed by atoms with E-state index < -0.39 is 0 Å². The highest BCUT2D eigenvalue weighted by Crippen LogP contribution is 2.22. The zero-order valence-electron chi connectivity index (χ0n) is 9.27. The molecule has 3 N–H and O–H groups in total. The summed E-state index contributed by atoms with van der Waals surface area (Å²) in [6.07, 6.45) is 0.437. The molecule has 0 aliphatic rings. The van der Waals surface area contributed by atoms with Crippen molar-refractivity contribution in [3.63, 3.8) is 0 Å². The van der Waals surface area contributed by atoms with E-state index in [0.29, 0.717) is 5.75 Å². The fourth-order valence-electron chi connectivity index (χ4n) is 1.47. The zero-order chi connectivity index (χ0) is 11.3. The van der Waals surface area contributed by atoms with E-state index in [2.05, 4.69) is 5.32 Å². The number of aliphatic hydroxyl groups excluding tert-OH is 1. The Morgan fingerprint density at radius 3 is 2.53 bits per heavy atom. The molecule has 0 aromatic heterocycles. The Bertz CT molecular complexity index is 299. The maximum Gasteiger partial charge on any atom is 0.120 e. The summed E-state index contributed by atoms with van der Waals surface area (Å²) in [5, 5.41) is 22.0. The second kappa shape index (κ2) is 5.73. The Labute approximate surface area is 90.8 Å². The van der Waals surface area contributed by atoms with Crippen molar-refractivity contribution in [3.8, 4) is 5.75 Å². The number of phenolic OH excluding ortho intramolecular Hbond substituents is 1. The van der Waals surface area contributed by atoms with Crippen LogP contribution in [-0.2, 0) is 0 Å². The van der Waals surface area contributed by atoms with E-state index in [9.17, 15) is 5.11 Å². The van der Waals surface area contributed by atoms with Gasteiger partial charge in [0, 0.05) is 11.6 Å². The van der Waals surface area contributed by atoms with E-state index in [0.717, 1.165) is 18.5 Å². The summed E-state index contributed by atoms with van der Waals surface area (Å²) in [4.78, 5) is 0. The first kappa shape index (κ1) is 12.0. The molecular formula is C12H19NO2. The van der Waals surface area contributed by atoms with Crippen LogP contribution < -0.4 is 5.32 Å². The third kappa shape index (κ3) is 3.90. The van der Waals surface area contributed by atoms with E-state index in [1.54, 1.807) is 19.1 Å². The van der Waals surface area contributed by atoms with Crippen molar-refractivity contribution in [3.05, 3.63) is 29.8 Å². The minimum absolute atomic E-state index is 0.102. The second-order valence-electron chi connectivity index (χ2n) is 3.87. The standard InChI is InChI=1S/C12H19NO2/c1-9(14)7-8-13-10(2)11-5-3-4-6-12(11)15/h3-6,9-10,13-15H,7-8H2,1-2H3/t9-,10-/m1/s1. The van der Waals surface area contributed by atoms with Gasteiger partial charge in [0.1, 0.15) is 5.75 Å². The molecule has 1 aromatic carbocycles. The minimum atomic E-state index is -0.283. The first-order chi connectivity index (χ1) is 7.11. The molecule has 0 aliphatic heterocycles. The molecule has 3 heteroatoms. The van der Waals surface area contributed by atoms with E-state index in [1.165, 1.54) is 0 Å². The molecule has 0 amide bonds. The van der Waals surface area contributed by atoms with Crippen molar-refractivity contribution in [2.75, 3.05) is 6.54 Å². The highest BCUT2D eigenvalue weighted by molar-refractivity contribution is 5.33. The van der Waals surface area contributed by atoms with Crippen molar-refractivity contribution in [1.82, 2.24) is 5.32 Å². The van der Waals surface area contributed by atoms with E-state index >= 15 is 0 Å². The Kier molecular flexibility index (Phi) is 4.59. The van der Waals surface area contributed by atoms with Crippen LogP contribution in [0.5, 0.6) is 5.75 Å². The number of hydrogen-bond donors (Lipinski definition) is 3. The van der Waals surface area contributed by atoms with Crippen molar-refractivity contribution < 1.29 is 10.2 Å². The number of nitrogens with one attached hydrogen (secondary N) is 1. The normalized spacial score (nSPS) is 14.9. The highest BCUT2D eigenvalue weighted by Gasteiger charge is 2.08. The maximum absolute atomic E-state index is 9.60. The summed E-state index contributed by atoms with van der Waals surface area (Å²) < 4.78 is 0. The van der Waals surface area contributed by atoms with Crippen LogP contribution in [0.4, 0.5) is 0 Å².